The SMILES string of the molecule is Cc1ncc(Nc2nccc(-c3cc(C#N)c4c(c3)[C@@](C)(CO)CN4)n2)c(OCC2(C)COC2)n1. The summed E-state index contributed by atoms with van der Waals surface area (Å²) in [5.74, 6) is 1.37. The Bertz CT molecular complexity index is 1320. The summed E-state index contributed by atoms with van der Waals surface area (Å²) in [5.41, 5.74) is 3.64. The van der Waals surface area contributed by atoms with Crippen molar-refractivity contribution in [2.75, 3.05) is 43.6 Å². The van der Waals surface area contributed by atoms with Crippen LogP contribution in [0.1, 0.15) is 30.8 Å². The van der Waals surface area contributed by atoms with Crippen molar-refractivity contribution in [3.8, 4) is 23.2 Å². The summed E-state index contributed by atoms with van der Waals surface area (Å²) in [6.45, 7) is 8.20. The van der Waals surface area contributed by atoms with E-state index in [0.717, 1.165) is 16.8 Å². The fourth-order valence-corrected chi connectivity index (χ4v) is 4.19. The summed E-state index contributed by atoms with van der Waals surface area (Å²) < 4.78 is 11.3. The van der Waals surface area contributed by atoms with Crippen molar-refractivity contribution in [1.82, 2.24) is 19.9 Å². The minimum Gasteiger partial charge on any atom is -0.475 e. The number of hydrogen-bond acceptors (Lipinski definition) is 10. The summed E-state index contributed by atoms with van der Waals surface area (Å²) in [6, 6.07) is 7.82. The van der Waals surface area contributed by atoms with Gasteiger partial charge in [0.15, 0.2) is 0 Å². The van der Waals surface area contributed by atoms with Crippen LogP contribution in [-0.2, 0) is 10.2 Å². The maximum atomic E-state index is 9.98. The number of aliphatic hydroxyl groups excluding tert-OH is 1. The minimum atomic E-state index is -0.474. The van der Waals surface area contributed by atoms with Gasteiger partial charge in [0.25, 0.3) is 0 Å². The molecular weight excluding hydrogens is 446 g/mol. The van der Waals surface area contributed by atoms with E-state index in [1.54, 1.807) is 31.5 Å². The van der Waals surface area contributed by atoms with Gasteiger partial charge >= 0.3 is 0 Å². The second kappa shape index (κ2) is 8.76. The van der Waals surface area contributed by atoms with Crippen molar-refractivity contribution < 1.29 is 14.6 Å². The van der Waals surface area contributed by atoms with Crippen LogP contribution < -0.4 is 15.4 Å². The summed E-state index contributed by atoms with van der Waals surface area (Å²) >= 11 is 0. The number of fused-ring (bicyclic) bond motifs is 1. The average Bonchev–Trinajstić information content (AvgIpc) is 3.19. The van der Waals surface area contributed by atoms with Gasteiger partial charge in [-0.2, -0.15) is 10.2 Å². The van der Waals surface area contributed by atoms with E-state index in [-0.39, 0.29) is 12.0 Å². The molecule has 0 aliphatic carbocycles. The smallest absolute Gasteiger partial charge is 0.241 e. The molecule has 35 heavy (non-hydrogen) atoms. The van der Waals surface area contributed by atoms with Crippen LogP contribution in [0.4, 0.5) is 17.3 Å². The number of aliphatic hydroxyl groups is 1. The Morgan fingerprint density at radius 2 is 2.09 bits per heavy atom. The molecule has 5 rings (SSSR count). The molecule has 10 heteroatoms. The van der Waals surface area contributed by atoms with E-state index >= 15 is 0 Å². The minimum absolute atomic E-state index is 0.0285. The topological polar surface area (TPSA) is 138 Å². The van der Waals surface area contributed by atoms with Gasteiger partial charge in [0, 0.05) is 29.1 Å². The van der Waals surface area contributed by atoms with Crippen molar-refractivity contribution in [1.29, 1.82) is 5.26 Å². The van der Waals surface area contributed by atoms with Crippen molar-refractivity contribution in [3.63, 3.8) is 0 Å². The molecule has 0 radical (unpaired) electrons. The molecular formula is C25H27N7O3. The molecule has 0 unspecified atom stereocenters. The number of nitriles is 1. The molecule has 0 amide bonds. The number of hydrogen-bond donors (Lipinski definition) is 3. The highest BCUT2D eigenvalue weighted by Gasteiger charge is 2.36. The van der Waals surface area contributed by atoms with Crippen molar-refractivity contribution >= 4 is 17.3 Å². The van der Waals surface area contributed by atoms with E-state index in [1.807, 2.05) is 13.0 Å². The predicted molar refractivity (Wildman–Crippen MR) is 130 cm³/mol. The second-order valence-electron chi connectivity index (χ2n) is 9.75. The summed E-state index contributed by atoms with van der Waals surface area (Å²) in [7, 11) is 0. The molecule has 180 valence electrons. The van der Waals surface area contributed by atoms with Gasteiger partial charge < -0.3 is 25.2 Å². The van der Waals surface area contributed by atoms with E-state index in [2.05, 4.69) is 43.6 Å². The summed E-state index contributed by atoms with van der Waals surface area (Å²) in [5, 5.41) is 26.1. The molecule has 0 saturated carbocycles. The third-order valence-electron chi connectivity index (χ3n) is 6.44. The van der Waals surface area contributed by atoms with E-state index in [0.29, 0.717) is 61.0 Å². The Hall–Kier alpha value is -3.81. The molecule has 0 bridgehead atoms. The normalized spacial score (nSPS) is 19.7. The lowest BCUT2D eigenvalue weighted by Crippen LogP contribution is -2.44. The van der Waals surface area contributed by atoms with Crippen LogP contribution in [0.25, 0.3) is 11.3 Å². The quantitative estimate of drug-likeness (QED) is 0.469. The van der Waals surface area contributed by atoms with E-state index in [1.165, 1.54) is 0 Å². The lowest BCUT2D eigenvalue weighted by atomic mass is 9.83. The van der Waals surface area contributed by atoms with Gasteiger partial charge in [-0.1, -0.05) is 13.8 Å². The molecule has 10 nitrogen and oxygen atoms in total. The van der Waals surface area contributed by atoms with Crippen LogP contribution in [0.2, 0.25) is 0 Å². The van der Waals surface area contributed by atoms with Gasteiger partial charge in [0.1, 0.15) is 17.6 Å². The van der Waals surface area contributed by atoms with E-state index in [9.17, 15) is 10.4 Å². The zero-order chi connectivity index (χ0) is 24.6. The van der Waals surface area contributed by atoms with Crippen LogP contribution in [0.15, 0.2) is 30.6 Å². The van der Waals surface area contributed by atoms with Crippen LogP contribution in [-0.4, -0.2) is 58.0 Å². The highest BCUT2D eigenvalue weighted by atomic mass is 16.5. The Labute approximate surface area is 203 Å². The van der Waals surface area contributed by atoms with Gasteiger partial charge in [-0.05, 0) is 30.7 Å². The molecule has 1 saturated heterocycles. The highest BCUT2D eigenvalue weighted by Crippen LogP contribution is 2.41. The first-order chi connectivity index (χ1) is 16.8. The van der Waals surface area contributed by atoms with Crippen molar-refractivity contribution in [2.24, 2.45) is 5.41 Å². The predicted octanol–water partition coefficient (Wildman–Crippen LogP) is 2.95. The number of rotatable bonds is 7. The number of aryl methyl sites for hydroxylation is 1. The third-order valence-corrected chi connectivity index (χ3v) is 6.44. The van der Waals surface area contributed by atoms with Crippen LogP contribution in [0.5, 0.6) is 5.88 Å². The maximum absolute atomic E-state index is 9.98. The average molecular weight is 474 g/mol. The van der Waals surface area contributed by atoms with E-state index in [4.69, 9.17) is 9.47 Å². The maximum Gasteiger partial charge on any atom is 0.241 e. The molecule has 1 fully saturated rings. The lowest BCUT2D eigenvalue weighted by molar-refractivity contribution is -0.120. The summed E-state index contributed by atoms with van der Waals surface area (Å²) in [6.07, 6.45) is 3.30. The Morgan fingerprint density at radius 1 is 1.26 bits per heavy atom. The van der Waals surface area contributed by atoms with Gasteiger partial charge in [-0.15, -0.1) is 0 Å². The highest BCUT2D eigenvalue weighted by molar-refractivity contribution is 5.76. The number of anilines is 3. The fraction of sp³-hybridized carbons (Fsp3) is 0.400. The van der Waals surface area contributed by atoms with E-state index < -0.39 is 5.41 Å². The Morgan fingerprint density at radius 3 is 2.80 bits per heavy atom. The number of aromatic nitrogens is 4. The molecule has 2 aromatic heterocycles. The third kappa shape index (κ3) is 4.36. The number of benzene rings is 1. The molecule has 1 aromatic carbocycles. The van der Waals surface area contributed by atoms with Crippen molar-refractivity contribution in [3.05, 3.63) is 47.5 Å². The van der Waals surface area contributed by atoms with Crippen LogP contribution in [0.3, 0.4) is 0 Å². The number of nitrogens with zero attached hydrogens (tertiary/aromatic N) is 5. The van der Waals surface area contributed by atoms with Gasteiger partial charge in [0.2, 0.25) is 11.8 Å². The van der Waals surface area contributed by atoms with Gasteiger partial charge in [-0.3, -0.25) is 0 Å². The standard InChI is InChI=1S/C25H27N7O3/c1-15-28-9-20(22(30-15)35-14-24(2)12-34-13-24)32-23-27-5-4-19(31-23)16-6-17(8-26)21-18(7-16)25(3,11-33)10-29-21/h4-7,9,29,33H,10-14H2,1-3H3,(H,27,31,32)/t25-/m1/s1. The fourth-order valence-electron chi connectivity index (χ4n) is 4.19. The molecule has 3 N–H and O–H groups in total. The molecule has 3 aromatic rings. The largest absolute Gasteiger partial charge is 0.475 e. The van der Waals surface area contributed by atoms with Crippen LogP contribution >= 0.6 is 0 Å². The first-order valence-electron chi connectivity index (χ1n) is 11.4. The first-order valence-corrected chi connectivity index (χ1v) is 11.4. The Balaban J connectivity index is 1.44. The second-order valence-corrected chi connectivity index (χ2v) is 9.75. The molecule has 0 spiro atoms. The molecule has 2 aliphatic heterocycles. The Kier molecular flexibility index (Phi) is 5.75. The molecule has 4 heterocycles. The lowest BCUT2D eigenvalue weighted by Gasteiger charge is -2.37. The molecule has 2 aliphatic rings. The first kappa shape index (κ1) is 23.0. The molecule has 1 atom stereocenters. The van der Waals surface area contributed by atoms with Gasteiger partial charge in [-0.25, -0.2) is 15.0 Å². The summed E-state index contributed by atoms with van der Waals surface area (Å²) in [4.78, 5) is 17.7. The van der Waals surface area contributed by atoms with Crippen LogP contribution in [0, 0.1) is 23.7 Å². The zero-order valence-corrected chi connectivity index (χ0v) is 19.9. The monoisotopic (exact) mass is 473 g/mol. The van der Waals surface area contributed by atoms with Gasteiger partial charge in [0.05, 0.1) is 49.6 Å². The number of ether oxygens (including phenoxy) is 2. The van der Waals surface area contributed by atoms with Crippen molar-refractivity contribution in [2.45, 2.75) is 26.2 Å². The zero-order valence-electron chi connectivity index (χ0n) is 19.9. The number of nitrogens with one attached hydrogen (secondary N) is 2.